The molecular weight excluding hydrogens is 473 g/mol. The summed E-state index contributed by atoms with van der Waals surface area (Å²) in [5.74, 6) is 0.796. The van der Waals surface area contributed by atoms with E-state index in [4.69, 9.17) is 9.47 Å². The van der Waals surface area contributed by atoms with Crippen molar-refractivity contribution in [1.82, 2.24) is 14.4 Å². The zero-order chi connectivity index (χ0) is 24.7. The van der Waals surface area contributed by atoms with Crippen LogP contribution in [0.25, 0.3) is 5.65 Å². The van der Waals surface area contributed by atoms with Gasteiger partial charge in [0.05, 0.1) is 0 Å². The van der Waals surface area contributed by atoms with Crippen molar-refractivity contribution in [3.05, 3.63) is 52.5 Å². The van der Waals surface area contributed by atoms with E-state index in [1.807, 2.05) is 6.92 Å². The Bertz CT molecular complexity index is 1320. The van der Waals surface area contributed by atoms with Crippen LogP contribution in [0, 0.1) is 11.8 Å². The average Bonchev–Trinajstić information content (AvgIpc) is 3.06. The van der Waals surface area contributed by atoms with Crippen molar-refractivity contribution in [2.45, 2.75) is 45.5 Å². The van der Waals surface area contributed by atoms with Crippen LogP contribution in [0.2, 0.25) is 0 Å². The molecule has 0 radical (unpaired) electrons. The van der Waals surface area contributed by atoms with Crippen LogP contribution in [0.15, 0.2) is 30.6 Å². The first-order chi connectivity index (χ1) is 16.0. The molecule has 0 aliphatic carbocycles. The number of aryl methyl sites for hydroxylation is 2. The van der Waals surface area contributed by atoms with Gasteiger partial charge in [-0.25, -0.2) is 4.98 Å². The van der Waals surface area contributed by atoms with Crippen LogP contribution >= 0.6 is 0 Å². The van der Waals surface area contributed by atoms with Crippen LogP contribution in [0.3, 0.4) is 0 Å². The van der Waals surface area contributed by atoms with E-state index in [0.717, 1.165) is 4.76 Å². The van der Waals surface area contributed by atoms with Crippen molar-refractivity contribution in [1.29, 1.82) is 0 Å². The van der Waals surface area contributed by atoms with Gasteiger partial charge >= 0.3 is 129 Å². The molecule has 0 amide bonds. The van der Waals surface area contributed by atoms with Crippen molar-refractivity contribution in [3.63, 3.8) is 0 Å². The van der Waals surface area contributed by atoms with E-state index in [9.17, 15) is 22.1 Å². The van der Waals surface area contributed by atoms with Crippen LogP contribution in [-0.4, -0.2) is 49.0 Å². The van der Waals surface area contributed by atoms with Gasteiger partial charge in [0.2, 0.25) is 0 Å². The molecule has 0 aromatic carbocycles. The second-order valence-electron chi connectivity index (χ2n) is 8.51. The van der Waals surface area contributed by atoms with E-state index < -0.39 is 29.0 Å². The number of imidazole rings is 1. The molecule has 0 saturated carbocycles. The first kappa shape index (κ1) is 24.3. The molecule has 3 aromatic heterocycles. The summed E-state index contributed by atoms with van der Waals surface area (Å²) in [4.78, 5) is 21.3. The van der Waals surface area contributed by atoms with Gasteiger partial charge in [-0.3, -0.25) is 0 Å². The Balaban J connectivity index is 1.57. The van der Waals surface area contributed by atoms with Crippen molar-refractivity contribution in [2.75, 3.05) is 18.1 Å². The molecular formula is C22H24F3N4O4S+. The molecule has 3 aromatic rings. The van der Waals surface area contributed by atoms with Crippen molar-refractivity contribution < 1.29 is 31.4 Å². The van der Waals surface area contributed by atoms with Gasteiger partial charge in [0.1, 0.15) is 0 Å². The predicted octanol–water partition coefficient (Wildman–Crippen LogP) is 4.35. The van der Waals surface area contributed by atoms with E-state index >= 15 is 0 Å². The molecule has 182 valence electrons. The third-order valence-corrected chi connectivity index (χ3v) is 7.54. The largest absolute Gasteiger partial charge is 0.478 e. The monoisotopic (exact) mass is 497 g/mol. The second kappa shape index (κ2) is 9.06. The number of pyridine rings is 2. The Morgan fingerprint density at radius 2 is 2.06 bits per heavy atom. The number of halogens is 3. The molecule has 4 rings (SSSR count). The third kappa shape index (κ3) is 5.12. The predicted molar refractivity (Wildman–Crippen MR) is 119 cm³/mol. The van der Waals surface area contributed by atoms with Crippen molar-refractivity contribution in [3.8, 4) is 17.4 Å². The number of hydrogen-bond acceptors (Lipinski definition) is 6. The van der Waals surface area contributed by atoms with Crippen LogP contribution in [0.1, 0.15) is 30.8 Å². The molecule has 1 aliphatic rings. The standard InChI is InChI=1S/C22H24F3N4O4S/c1-4-15-7-18(32-11-22(23,24)25)20(26-8-15)33-16-5-6-19-27-17(14(2)28(19)9-16)10-29(30)21(3)12-34(31)13-21/h5-9H,4,10-13H2,1-3H3/q+1. The Morgan fingerprint density at radius 3 is 2.71 bits per heavy atom. The summed E-state index contributed by atoms with van der Waals surface area (Å²) in [6, 6.07) is 4.77. The van der Waals surface area contributed by atoms with E-state index in [-0.39, 0.29) is 18.2 Å². The topological polar surface area (TPSA) is 88.6 Å². The smallest absolute Gasteiger partial charge is 0.422 e. The molecule has 1 saturated heterocycles. The van der Waals surface area contributed by atoms with E-state index in [2.05, 4.69) is 9.97 Å². The SMILES string of the molecule is CCc1cnc(Oc2ccc3nc(C[N+](=O)C4(C)C[S-](#[O+])C4)c(C)n3c2)c(OCC(F)(F)F)c1. The Kier molecular flexibility index (Phi) is 6.47. The Morgan fingerprint density at radius 1 is 1.32 bits per heavy atom. The minimum atomic E-state index is -4.50. The zero-order valence-electron chi connectivity index (χ0n) is 18.9. The number of hydrogen-bond donors (Lipinski definition) is 0. The average molecular weight is 498 g/mol. The number of nitroso groups, excluding NO2 is 1. The fraction of sp³-hybridized carbons (Fsp3) is 0.455. The fourth-order valence-corrected chi connectivity index (χ4v) is 5.23. The molecule has 34 heavy (non-hydrogen) atoms. The van der Waals surface area contributed by atoms with Gasteiger partial charge in [-0.15, -0.1) is 0 Å². The first-order valence-corrected chi connectivity index (χ1v) is 12.1. The molecule has 12 heteroatoms. The van der Waals surface area contributed by atoms with Gasteiger partial charge in [0, 0.05) is 6.20 Å². The second-order valence-corrected chi connectivity index (χ2v) is 9.96. The summed E-state index contributed by atoms with van der Waals surface area (Å²) in [7, 11) is -0.956. The maximum Gasteiger partial charge on any atom is 0.422 e. The zero-order valence-corrected chi connectivity index (χ0v) is 19.7. The summed E-state index contributed by atoms with van der Waals surface area (Å²) in [5.41, 5.74) is 1.92. The van der Waals surface area contributed by atoms with E-state index in [0.29, 0.717) is 46.3 Å². The van der Waals surface area contributed by atoms with Gasteiger partial charge in [0.15, 0.2) is 12.4 Å². The summed E-state index contributed by atoms with van der Waals surface area (Å²) in [6.45, 7) is 4.03. The van der Waals surface area contributed by atoms with Crippen LogP contribution in [0.4, 0.5) is 13.2 Å². The van der Waals surface area contributed by atoms with Gasteiger partial charge in [0.25, 0.3) is 0 Å². The summed E-state index contributed by atoms with van der Waals surface area (Å²) in [5, 5.41) is 0. The molecule has 0 atom stereocenters. The minimum Gasteiger partial charge on any atom is -0.478 e. The van der Waals surface area contributed by atoms with Crippen LogP contribution in [0.5, 0.6) is 17.4 Å². The van der Waals surface area contributed by atoms with Gasteiger partial charge in [-0.05, 0) is 18.1 Å². The van der Waals surface area contributed by atoms with Gasteiger partial charge < -0.3 is 4.74 Å². The first-order valence-electron chi connectivity index (χ1n) is 10.6. The number of alkyl halides is 3. The molecule has 0 bridgehead atoms. The third-order valence-electron chi connectivity index (χ3n) is 5.66. The number of aromatic nitrogens is 3. The quantitative estimate of drug-likeness (QED) is 0.262. The van der Waals surface area contributed by atoms with Crippen LogP contribution in [-0.2, 0) is 27.7 Å². The Hall–Kier alpha value is -2.86. The summed E-state index contributed by atoms with van der Waals surface area (Å²) < 4.78 is 62.8. The number of rotatable bonds is 8. The molecule has 1 aliphatic heterocycles. The van der Waals surface area contributed by atoms with E-state index in [1.165, 1.54) is 12.3 Å². The van der Waals surface area contributed by atoms with Gasteiger partial charge in [-0.1, -0.05) is 6.92 Å². The number of nitrogens with zero attached hydrogens (tertiary/aromatic N) is 4. The van der Waals surface area contributed by atoms with Crippen molar-refractivity contribution >= 4 is 16.3 Å². The molecule has 8 nitrogen and oxygen atoms in total. The molecule has 1 fully saturated rings. The fourth-order valence-electron chi connectivity index (χ4n) is 3.64. The minimum absolute atomic E-state index is 0.0485. The Labute approximate surface area is 195 Å². The van der Waals surface area contributed by atoms with Crippen LogP contribution < -0.4 is 9.47 Å². The maximum absolute atomic E-state index is 12.7. The summed E-state index contributed by atoms with van der Waals surface area (Å²) >= 11 is 0. The van der Waals surface area contributed by atoms with E-state index in [1.54, 1.807) is 36.6 Å². The maximum atomic E-state index is 12.7. The van der Waals surface area contributed by atoms with Crippen molar-refractivity contribution in [2.24, 2.45) is 0 Å². The van der Waals surface area contributed by atoms with Gasteiger partial charge in [-0.2, -0.15) is 13.2 Å². The molecule has 0 unspecified atom stereocenters. The number of ether oxygens (including phenoxy) is 2. The number of fused-ring (bicyclic) bond motifs is 1. The molecule has 4 heterocycles. The summed E-state index contributed by atoms with van der Waals surface area (Å²) in [6.07, 6.45) is -0.779. The molecule has 0 spiro atoms. The normalized spacial score (nSPS) is 15.8. The molecule has 0 N–H and O–H groups in total.